The Balaban J connectivity index is 0. The van der Waals surface area contributed by atoms with Gasteiger partial charge < -0.3 is 52.7 Å². The molecule has 6 amide bonds. The first kappa shape index (κ1) is 55.7. The second-order valence-corrected chi connectivity index (χ2v) is 14.7. The highest BCUT2D eigenvalue weighted by Gasteiger charge is 2.21. The minimum atomic E-state index is -1.01. The molecular formula is C40H71N7O10S. The van der Waals surface area contributed by atoms with Crippen molar-refractivity contribution in [3.63, 3.8) is 0 Å². The van der Waals surface area contributed by atoms with E-state index in [0.717, 1.165) is 57.8 Å². The van der Waals surface area contributed by atoms with Crippen molar-refractivity contribution in [2.24, 2.45) is 11.5 Å². The molecule has 2 heterocycles. The zero-order valence-corrected chi connectivity index (χ0v) is 36.4. The van der Waals surface area contributed by atoms with Crippen LogP contribution in [0.5, 0.6) is 0 Å². The van der Waals surface area contributed by atoms with E-state index in [2.05, 4.69) is 44.1 Å². The van der Waals surface area contributed by atoms with E-state index in [-0.39, 0.29) is 47.7 Å². The molecule has 1 aliphatic rings. The van der Waals surface area contributed by atoms with Crippen molar-refractivity contribution in [3.8, 4) is 0 Å². The highest BCUT2D eigenvalue weighted by Crippen LogP contribution is 2.17. The SMILES string of the molecule is CCC(=O)NC(C)C(=O)NC(C)CC1CCCCO1.CCC(=O)NC(C)C(=O)O.CCC(=O)NC(C=O)CCCCc1cccs1.CCC(=O)NC(CCN)C(N)=O. The van der Waals surface area contributed by atoms with Crippen LogP contribution in [0.3, 0.4) is 0 Å². The van der Waals surface area contributed by atoms with Crippen molar-refractivity contribution < 1.29 is 48.2 Å². The van der Waals surface area contributed by atoms with Crippen molar-refractivity contribution in [2.75, 3.05) is 13.2 Å². The first-order valence-corrected chi connectivity index (χ1v) is 21.1. The number of nitrogens with two attached hydrogens (primary N) is 2. The lowest BCUT2D eigenvalue weighted by molar-refractivity contribution is -0.141. The molecule has 0 aromatic carbocycles. The monoisotopic (exact) mass is 841 g/mol. The Bertz CT molecular complexity index is 1340. The molecule has 1 saturated heterocycles. The van der Waals surface area contributed by atoms with E-state index in [1.807, 2.05) is 6.92 Å². The number of rotatable bonds is 22. The number of carboxylic acids is 1. The molecule has 17 nitrogen and oxygen atoms in total. The quantitative estimate of drug-likeness (QED) is 0.0621. The third kappa shape index (κ3) is 29.8. The fourth-order valence-corrected chi connectivity index (χ4v) is 5.73. The van der Waals surface area contributed by atoms with Gasteiger partial charge in [-0.25, -0.2) is 0 Å². The number of carbonyl (C=O) groups excluding carboxylic acids is 7. The number of aldehydes is 1. The Kier molecular flexibility index (Phi) is 33.2. The minimum Gasteiger partial charge on any atom is -0.480 e. The second kappa shape index (κ2) is 34.6. The van der Waals surface area contributed by atoms with Crippen LogP contribution in [0.1, 0.15) is 130 Å². The normalized spacial score (nSPS) is 15.5. The molecule has 0 saturated carbocycles. The maximum Gasteiger partial charge on any atom is 0.325 e. The van der Waals surface area contributed by atoms with Gasteiger partial charge in [-0.2, -0.15) is 0 Å². The molecule has 0 radical (unpaired) electrons. The summed E-state index contributed by atoms with van der Waals surface area (Å²) in [7, 11) is 0. The summed E-state index contributed by atoms with van der Waals surface area (Å²) < 4.78 is 5.65. The average molecular weight is 842 g/mol. The number of aliphatic carboxylic acids is 1. The van der Waals surface area contributed by atoms with Crippen LogP contribution in [-0.2, 0) is 49.5 Å². The third-order valence-electron chi connectivity index (χ3n) is 8.50. The number of carboxylic acid groups (broad SMARTS) is 1. The smallest absolute Gasteiger partial charge is 0.325 e. The van der Waals surface area contributed by atoms with Crippen molar-refractivity contribution >= 4 is 59.0 Å². The molecular weight excluding hydrogens is 771 g/mol. The van der Waals surface area contributed by atoms with Crippen molar-refractivity contribution in [1.82, 2.24) is 26.6 Å². The number of primary amides is 1. The zero-order valence-electron chi connectivity index (χ0n) is 35.6. The summed E-state index contributed by atoms with van der Waals surface area (Å²) in [5, 5.41) is 23.4. The second-order valence-electron chi connectivity index (χ2n) is 13.7. The van der Waals surface area contributed by atoms with Gasteiger partial charge in [0.2, 0.25) is 35.4 Å². The summed E-state index contributed by atoms with van der Waals surface area (Å²) in [6.07, 6.45) is 11.0. The van der Waals surface area contributed by atoms with Crippen molar-refractivity contribution in [3.05, 3.63) is 22.4 Å². The molecule has 0 bridgehead atoms. The van der Waals surface area contributed by atoms with E-state index in [1.54, 1.807) is 46.0 Å². The van der Waals surface area contributed by atoms with E-state index in [0.29, 0.717) is 38.6 Å². The molecule has 1 aliphatic heterocycles. The van der Waals surface area contributed by atoms with E-state index < -0.39 is 30.0 Å². The van der Waals surface area contributed by atoms with E-state index in [9.17, 15) is 38.4 Å². The summed E-state index contributed by atoms with van der Waals surface area (Å²) in [6, 6.07) is 2.04. The summed E-state index contributed by atoms with van der Waals surface area (Å²) in [5.74, 6) is -2.28. The summed E-state index contributed by atoms with van der Waals surface area (Å²) in [5.41, 5.74) is 10.2. The van der Waals surface area contributed by atoms with Crippen LogP contribution in [0.25, 0.3) is 0 Å². The Hall–Kier alpha value is -4.42. The van der Waals surface area contributed by atoms with E-state index in [4.69, 9.17) is 21.3 Å². The molecule has 6 atom stereocenters. The number of ether oxygens (including phenoxy) is 1. The van der Waals surface area contributed by atoms with Crippen LogP contribution < -0.4 is 38.1 Å². The molecule has 332 valence electrons. The highest BCUT2D eigenvalue weighted by molar-refractivity contribution is 7.09. The topological polar surface area (TPSA) is 278 Å². The Labute approximate surface area is 348 Å². The van der Waals surface area contributed by atoms with Gasteiger partial charge in [0.05, 0.1) is 12.1 Å². The summed E-state index contributed by atoms with van der Waals surface area (Å²) in [4.78, 5) is 88.6. The third-order valence-corrected chi connectivity index (χ3v) is 9.43. The molecule has 1 aromatic rings. The van der Waals surface area contributed by atoms with Gasteiger partial charge in [0, 0.05) is 43.2 Å². The van der Waals surface area contributed by atoms with Crippen LogP contribution in [0.4, 0.5) is 0 Å². The molecule has 18 heteroatoms. The Morgan fingerprint density at radius 3 is 1.86 bits per heavy atom. The van der Waals surface area contributed by atoms with Crippen LogP contribution in [-0.4, -0.2) is 102 Å². The predicted molar refractivity (Wildman–Crippen MR) is 224 cm³/mol. The molecule has 10 N–H and O–H groups in total. The van der Waals surface area contributed by atoms with Gasteiger partial charge in [-0.1, -0.05) is 40.2 Å². The van der Waals surface area contributed by atoms with Crippen LogP contribution in [0.2, 0.25) is 0 Å². The molecule has 0 spiro atoms. The number of amides is 6. The summed E-state index contributed by atoms with van der Waals surface area (Å²) in [6.45, 7) is 13.2. The molecule has 0 aliphatic carbocycles. The standard InChI is InChI=1S/C14H26N2O3.C13H19NO2S.C7H15N3O2.C6H11NO3/c1-4-13(17)16-11(3)14(18)15-10(2)9-12-7-5-6-8-19-12;1-2-13(16)14-11(10-15)6-3-4-7-12-8-5-9-17-12;1-2-6(11)10-5(3-4-8)7(9)12;1-3-5(8)7-4(2)6(9)10/h10-12H,4-9H2,1-3H3,(H,15,18)(H,16,17);5,8-11H,2-4,6-7H2,1H3,(H,14,16);5H,2-4,8H2,1H3,(H2,9,12)(H,10,11);4H,3H2,1-2H3,(H,7,8)(H,9,10). The number of unbranched alkanes of at least 4 members (excludes halogenated alkanes) is 1. The van der Waals surface area contributed by atoms with Crippen LogP contribution >= 0.6 is 11.3 Å². The highest BCUT2D eigenvalue weighted by atomic mass is 32.1. The van der Waals surface area contributed by atoms with Gasteiger partial charge in [-0.05, 0) is 90.1 Å². The maximum absolute atomic E-state index is 11.9. The molecule has 1 aromatic heterocycles. The van der Waals surface area contributed by atoms with Gasteiger partial charge in [-0.15, -0.1) is 11.3 Å². The van der Waals surface area contributed by atoms with Crippen molar-refractivity contribution in [1.29, 1.82) is 0 Å². The Morgan fingerprint density at radius 2 is 1.40 bits per heavy atom. The van der Waals surface area contributed by atoms with Crippen molar-refractivity contribution in [2.45, 2.75) is 168 Å². The first-order chi connectivity index (χ1) is 27.5. The van der Waals surface area contributed by atoms with Gasteiger partial charge >= 0.3 is 5.97 Å². The van der Waals surface area contributed by atoms with Gasteiger partial charge in [0.25, 0.3) is 0 Å². The van der Waals surface area contributed by atoms with E-state index >= 15 is 0 Å². The lowest BCUT2D eigenvalue weighted by Crippen LogP contribution is -2.48. The molecule has 58 heavy (non-hydrogen) atoms. The summed E-state index contributed by atoms with van der Waals surface area (Å²) >= 11 is 1.76. The zero-order chi connectivity index (χ0) is 44.5. The molecule has 1 fully saturated rings. The fraction of sp³-hybridized carbons (Fsp3) is 0.700. The number of carbonyl (C=O) groups is 8. The minimum absolute atomic E-state index is 0.0552. The molecule has 6 unspecified atom stereocenters. The Morgan fingerprint density at radius 1 is 0.828 bits per heavy atom. The maximum atomic E-state index is 11.9. The average Bonchev–Trinajstić information content (AvgIpc) is 3.73. The van der Waals surface area contributed by atoms with E-state index in [1.165, 1.54) is 18.2 Å². The largest absolute Gasteiger partial charge is 0.480 e. The number of hydrogen-bond acceptors (Lipinski definition) is 11. The van der Waals surface area contributed by atoms with Gasteiger partial charge in [0.15, 0.2) is 0 Å². The lowest BCUT2D eigenvalue weighted by Gasteiger charge is -2.26. The number of aryl methyl sites for hydroxylation is 1. The fourth-order valence-electron chi connectivity index (χ4n) is 4.98. The van der Waals surface area contributed by atoms with Gasteiger partial charge in [-0.3, -0.25) is 33.6 Å². The lowest BCUT2D eigenvalue weighted by atomic mass is 10.0. The number of hydrogen-bond donors (Lipinski definition) is 8. The van der Waals surface area contributed by atoms with Crippen LogP contribution in [0.15, 0.2) is 17.5 Å². The van der Waals surface area contributed by atoms with Gasteiger partial charge in [0.1, 0.15) is 24.4 Å². The number of nitrogens with one attached hydrogen (secondary N) is 5. The molecule has 2 rings (SSSR count). The number of thiophene rings is 1. The first-order valence-electron chi connectivity index (χ1n) is 20.3. The van der Waals surface area contributed by atoms with Crippen LogP contribution in [0, 0.1) is 0 Å². The predicted octanol–water partition coefficient (Wildman–Crippen LogP) is 2.62.